The van der Waals surface area contributed by atoms with Gasteiger partial charge in [-0.3, -0.25) is 10.1 Å². The van der Waals surface area contributed by atoms with Crippen LogP contribution in [0.25, 0.3) is 0 Å². The van der Waals surface area contributed by atoms with Gasteiger partial charge in [-0.1, -0.05) is 18.5 Å². The van der Waals surface area contributed by atoms with E-state index in [2.05, 4.69) is 18.7 Å². The molecule has 0 radical (unpaired) electrons. The van der Waals surface area contributed by atoms with Crippen molar-refractivity contribution in [3.8, 4) is 0 Å². The minimum Gasteiger partial charge on any atom is -0.367 e. The maximum absolute atomic E-state index is 10.6. The van der Waals surface area contributed by atoms with Crippen molar-refractivity contribution >= 4 is 23.0 Å². The van der Waals surface area contributed by atoms with Crippen LogP contribution in [0.3, 0.4) is 0 Å². The molecule has 2 rings (SSSR count). The summed E-state index contributed by atoms with van der Waals surface area (Å²) in [6, 6.07) is 5.10. The maximum Gasteiger partial charge on any atom is 0.271 e. The molecule has 1 saturated heterocycles. The number of rotatable bonds is 2. The fourth-order valence-corrected chi connectivity index (χ4v) is 2.56. The Balaban J connectivity index is 2.31. The predicted octanol–water partition coefficient (Wildman–Crippen LogP) is 3.48. The van der Waals surface area contributed by atoms with Crippen LogP contribution in [0, 0.1) is 16.0 Å². The lowest BCUT2D eigenvalue weighted by Gasteiger charge is -2.26. The van der Waals surface area contributed by atoms with Gasteiger partial charge in [0.05, 0.1) is 15.6 Å². The van der Waals surface area contributed by atoms with Crippen LogP contribution in [0.5, 0.6) is 0 Å². The van der Waals surface area contributed by atoms with E-state index < -0.39 is 4.92 Å². The van der Waals surface area contributed by atoms with Gasteiger partial charge in [0.1, 0.15) is 0 Å². The molecule has 1 aromatic carbocycles. The SMILES string of the molecule is CC1CCN(c2ccc([N+](=O)[O-])cc2Cl)C1C. The summed E-state index contributed by atoms with van der Waals surface area (Å²) >= 11 is 6.12. The molecule has 5 heteroatoms. The molecule has 0 N–H and O–H groups in total. The summed E-state index contributed by atoms with van der Waals surface area (Å²) < 4.78 is 0. The fraction of sp³-hybridized carbons (Fsp3) is 0.500. The Morgan fingerprint density at radius 2 is 2.18 bits per heavy atom. The van der Waals surface area contributed by atoms with Gasteiger partial charge in [0.25, 0.3) is 5.69 Å². The van der Waals surface area contributed by atoms with E-state index in [1.54, 1.807) is 6.07 Å². The minimum atomic E-state index is -0.425. The highest BCUT2D eigenvalue weighted by atomic mass is 35.5. The summed E-state index contributed by atoms with van der Waals surface area (Å²) in [6.07, 6.45) is 1.13. The van der Waals surface area contributed by atoms with Gasteiger partial charge in [0.15, 0.2) is 0 Å². The quantitative estimate of drug-likeness (QED) is 0.600. The highest BCUT2D eigenvalue weighted by Crippen LogP contribution is 2.35. The molecule has 0 saturated carbocycles. The number of halogens is 1. The Morgan fingerprint density at radius 1 is 1.47 bits per heavy atom. The number of hydrogen-bond acceptors (Lipinski definition) is 3. The number of nitrogens with zero attached hydrogens (tertiary/aromatic N) is 2. The van der Waals surface area contributed by atoms with Gasteiger partial charge in [-0.05, 0) is 25.3 Å². The van der Waals surface area contributed by atoms with Gasteiger partial charge in [0.2, 0.25) is 0 Å². The lowest BCUT2D eigenvalue weighted by atomic mass is 10.1. The molecule has 4 nitrogen and oxygen atoms in total. The molecule has 1 aliphatic heterocycles. The minimum absolute atomic E-state index is 0.0404. The number of non-ortho nitro benzene ring substituents is 1. The molecule has 1 aliphatic rings. The summed E-state index contributed by atoms with van der Waals surface area (Å²) in [5.74, 6) is 0.626. The molecule has 92 valence electrons. The number of nitro groups is 1. The summed E-state index contributed by atoms with van der Waals surface area (Å²) in [5, 5.41) is 11.1. The van der Waals surface area contributed by atoms with Crippen molar-refractivity contribution in [2.45, 2.75) is 26.3 Å². The van der Waals surface area contributed by atoms with E-state index in [0.29, 0.717) is 17.0 Å². The summed E-state index contributed by atoms with van der Waals surface area (Å²) in [4.78, 5) is 12.4. The van der Waals surface area contributed by atoms with Crippen LogP contribution in [0.15, 0.2) is 18.2 Å². The van der Waals surface area contributed by atoms with Crippen LogP contribution in [0.1, 0.15) is 20.3 Å². The lowest BCUT2D eigenvalue weighted by molar-refractivity contribution is -0.384. The van der Waals surface area contributed by atoms with Gasteiger partial charge in [0, 0.05) is 24.7 Å². The summed E-state index contributed by atoms with van der Waals surface area (Å²) in [5.41, 5.74) is 0.938. The molecule has 2 unspecified atom stereocenters. The fourth-order valence-electron chi connectivity index (χ4n) is 2.28. The average molecular weight is 255 g/mol. The van der Waals surface area contributed by atoms with Crippen LogP contribution in [0.4, 0.5) is 11.4 Å². The van der Waals surface area contributed by atoms with E-state index in [9.17, 15) is 10.1 Å². The Labute approximate surface area is 105 Å². The van der Waals surface area contributed by atoms with Crippen LogP contribution in [-0.4, -0.2) is 17.5 Å². The zero-order chi connectivity index (χ0) is 12.6. The average Bonchev–Trinajstić information content (AvgIpc) is 2.60. The number of hydrogen-bond donors (Lipinski definition) is 0. The van der Waals surface area contributed by atoms with E-state index in [1.807, 2.05) is 0 Å². The van der Waals surface area contributed by atoms with Crippen molar-refractivity contribution in [1.82, 2.24) is 0 Å². The van der Waals surface area contributed by atoms with Crippen molar-refractivity contribution in [1.29, 1.82) is 0 Å². The van der Waals surface area contributed by atoms with Crippen molar-refractivity contribution in [3.05, 3.63) is 33.3 Å². The molecule has 1 aromatic rings. The van der Waals surface area contributed by atoms with Crippen LogP contribution in [0.2, 0.25) is 5.02 Å². The van der Waals surface area contributed by atoms with Gasteiger partial charge in [-0.2, -0.15) is 0 Å². The molecule has 2 atom stereocenters. The van der Waals surface area contributed by atoms with E-state index in [0.717, 1.165) is 18.7 Å². The standard InChI is InChI=1S/C12H15ClN2O2/c1-8-5-6-14(9(8)2)12-4-3-10(15(16)17)7-11(12)13/h3-4,7-9H,5-6H2,1-2H3. The van der Waals surface area contributed by atoms with Crippen LogP contribution >= 0.6 is 11.6 Å². The van der Waals surface area contributed by atoms with E-state index >= 15 is 0 Å². The van der Waals surface area contributed by atoms with Gasteiger partial charge >= 0.3 is 0 Å². The zero-order valence-corrected chi connectivity index (χ0v) is 10.6. The maximum atomic E-state index is 10.6. The van der Waals surface area contributed by atoms with E-state index in [-0.39, 0.29) is 5.69 Å². The van der Waals surface area contributed by atoms with Gasteiger partial charge in [-0.15, -0.1) is 0 Å². The molecule has 0 aliphatic carbocycles. The Bertz CT molecular complexity index is 450. The third-order valence-corrected chi connectivity index (χ3v) is 3.89. The molecular weight excluding hydrogens is 240 g/mol. The molecule has 17 heavy (non-hydrogen) atoms. The van der Waals surface area contributed by atoms with Crippen molar-refractivity contribution in [2.24, 2.45) is 5.92 Å². The number of anilines is 1. The number of nitro benzene ring substituents is 1. The Kier molecular flexibility index (Phi) is 3.24. The van der Waals surface area contributed by atoms with Crippen molar-refractivity contribution in [3.63, 3.8) is 0 Å². The Hall–Kier alpha value is -1.29. The molecule has 1 fully saturated rings. The van der Waals surface area contributed by atoms with E-state index in [1.165, 1.54) is 12.1 Å². The second-order valence-corrected chi connectivity index (χ2v) is 5.00. The first-order chi connectivity index (χ1) is 8.00. The van der Waals surface area contributed by atoms with Gasteiger partial charge < -0.3 is 4.90 Å². The third-order valence-electron chi connectivity index (χ3n) is 3.59. The molecule has 0 amide bonds. The topological polar surface area (TPSA) is 46.4 Å². The molecule has 0 bridgehead atoms. The molecule has 0 aromatic heterocycles. The Morgan fingerprint density at radius 3 is 2.65 bits per heavy atom. The third kappa shape index (κ3) is 2.22. The first kappa shape index (κ1) is 12.2. The second kappa shape index (κ2) is 4.53. The van der Waals surface area contributed by atoms with E-state index in [4.69, 9.17) is 11.6 Å². The first-order valence-corrected chi connectivity index (χ1v) is 6.09. The van der Waals surface area contributed by atoms with Crippen molar-refractivity contribution in [2.75, 3.05) is 11.4 Å². The highest BCUT2D eigenvalue weighted by Gasteiger charge is 2.29. The number of benzene rings is 1. The molecular formula is C12H15ClN2O2. The molecule has 0 spiro atoms. The summed E-state index contributed by atoms with van der Waals surface area (Å²) in [6.45, 7) is 5.33. The predicted molar refractivity (Wildman–Crippen MR) is 68.7 cm³/mol. The second-order valence-electron chi connectivity index (χ2n) is 4.59. The highest BCUT2D eigenvalue weighted by molar-refractivity contribution is 6.33. The normalized spacial score (nSPS) is 24.1. The first-order valence-electron chi connectivity index (χ1n) is 5.71. The summed E-state index contributed by atoms with van der Waals surface area (Å²) in [7, 11) is 0. The smallest absolute Gasteiger partial charge is 0.271 e. The zero-order valence-electron chi connectivity index (χ0n) is 9.89. The molecule has 1 heterocycles. The largest absolute Gasteiger partial charge is 0.367 e. The van der Waals surface area contributed by atoms with Crippen LogP contribution < -0.4 is 4.90 Å². The van der Waals surface area contributed by atoms with Gasteiger partial charge in [-0.25, -0.2) is 0 Å². The van der Waals surface area contributed by atoms with Crippen molar-refractivity contribution < 1.29 is 4.92 Å². The monoisotopic (exact) mass is 254 g/mol. The lowest BCUT2D eigenvalue weighted by Crippen LogP contribution is -2.29. The van der Waals surface area contributed by atoms with Crippen LogP contribution in [-0.2, 0) is 0 Å².